The number of carbonyl (C=O) groups is 1. The third kappa shape index (κ3) is 7.28. The smallest absolute Gasteiger partial charge is 0.407 e. The van der Waals surface area contributed by atoms with Crippen LogP contribution >= 0.6 is 0 Å². The van der Waals surface area contributed by atoms with Crippen LogP contribution in [0.4, 0.5) is 4.79 Å². The minimum atomic E-state index is -4.29. The molecule has 2 aromatic rings. The monoisotopic (exact) mass is 634 g/mol. The fourth-order valence-corrected chi connectivity index (χ4v) is 7.06. The largest absolute Gasteiger partial charge is 0.486 e. The molecule has 0 aliphatic carbocycles. The number of alkyl carbamates (subject to hydrolysis) is 1. The molecule has 0 spiro atoms. The third-order valence-corrected chi connectivity index (χ3v) is 9.78. The molecule has 14 heteroatoms. The molecule has 3 saturated heterocycles. The summed E-state index contributed by atoms with van der Waals surface area (Å²) in [6.45, 7) is 1.80. The maximum atomic E-state index is 14.0. The van der Waals surface area contributed by atoms with Crippen molar-refractivity contribution in [2.24, 2.45) is 5.92 Å². The van der Waals surface area contributed by atoms with Gasteiger partial charge in [0.1, 0.15) is 19.3 Å². The predicted octanol–water partition coefficient (Wildman–Crippen LogP) is 2.02. The maximum absolute atomic E-state index is 14.0. The van der Waals surface area contributed by atoms with Gasteiger partial charge in [0.25, 0.3) is 10.0 Å². The molecule has 3 fully saturated rings. The van der Waals surface area contributed by atoms with Crippen molar-refractivity contribution in [3.8, 4) is 11.5 Å². The van der Waals surface area contributed by atoms with E-state index in [1.165, 1.54) is 18.2 Å². The molecular formula is C30H38N2O11S. The molecule has 2 N–H and O–H groups in total. The fourth-order valence-electron chi connectivity index (χ4n) is 5.75. The summed E-state index contributed by atoms with van der Waals surface area (Å²) in [5, 5.41) is 14.3. The number of fused-ring (bicyclic) bond motifs is 2. The van der Waals surface area contributed by atoms with E-state index < -0.39 is 47.0 Å². The molecule has 4 heterocycles. The SMILES string of the molecule is O=C(NC(Cc1ccccc1)[C@@H](O)CN(OC1CCOCC1)S(=O)(=O)c1ccc2c(c1)OCCO2)OC1CO[C@H]2OCC[C@@H]12. The standard InChI is InChI=1S/C30H38N2O11S/c33-25(24(16-20-4-2-1-3-5-20)31-30(34)42-28-19-41-29-23(28)10-13-40-29)18-32(43-21-8-11-37-12-9-21)44(35,36)22-6-7-26-27(17-22)39-15-14-38-26/h1-7,17,21,23-25,28-29,33H,8-16,18-19H2,(H,31,34)/t23-,24?,25-,28?,29+/m0/s1. The zero-order valence-electron chi connectivity index (χ0n) is 24.2. The molecule has 240 valence electrons. The van der Waals surface area contributed by atoms with Crippen LogP contribution in [0.2, 0.25) is 0 Å². The molecule has 44 heavy (non-hydrogen) atoms. The first-order valence-corrected chi connectivity index (χ1v) is 16.4. The van der Waals surface area contributed by atoms with Gasteiger partial charge in [-0.3, -0.25) is 4.84 Å². The lowest BCUT2D eigenvalue weighted by Crippen LogP contribution is -2.52. The van der Waals surface area contributed by atoms with Crippen molar-refractivity contribution < 1.29 is 51.6 Å². The molecule has 5 atom stereocenters. The summed E-state index contributed by atoms with van der Waals surface area (Å²) in [7, 11) is -4.29. The lowest BCUT2D eigenvalue weighted by Gasteiger charge is -2.32. The quantitative estimate of drug-likeness (QED) is 0.350. The summed E-state index contributed by atoms with van der Waals surface area (Å²) < 4.78 is 62.2. The van der Waals surface area contributed by atoms with Gasteiger partial charge in [0.15, 0.2) is 17.8 Å². The van der Waals surface area contributed by atoms with Crippen molar-refractivity contribution in [1.29, 1.82) is 0 Å². The summed E-state index contributed by atoms with van der Waals surface area (Å²) in [4.78, 5) is 19.1. The van der Waals surface area contributed by atoms with Crippen LogP contribution in [0.5, 0.6) is 11.5 Å². The Bertz CT molecular complexity index is 1370. The Morgan fingerprint density at radius 1 is 0.977 bits per heavy atom. The topological polar surface area (TPSA) is 151 Å². The number of rotatable bonds is 11. The lowest BCUT2D eigenvalue weighted by atomic mass is 10.0. The van der Waals surface area contributed by atoms with Crippen molar-refractivity contribution in [3.05, 3.63) is 54.1 Å². The molecule has 4 aliphatic heterocycles. The Hall–Kier alpha value is -2.98. The Kier molecular flexibility index (Phi) is 9.86. The first kappa shape index (κ1) is 31.0. The van der Waals surface area contributed by atoms with Gasteiger partial charge in [0.2, 0.25) is 0 Å². The summed E-state index contributed by atoms with van der Waals surface area (Å²) in [6, 6.07) is 12.7. The molecule has 0 radical (unpaired) electrons. The highest BCUT2D eigenvalue weighted by atomic mass is 32.2. The molecule has 4 aliphatic rings. The van der Waals surface area contributed by atoms with Gasteiger partial charge in [-0.15, -0.1) is 0 Å². The Morgan fingerprint density at radius 2 is 1.75 bits per heavy atom. The number of benzene rings is 2. The summed E-state index contributed by atoms with van der Waals surface area (Å²) in [5.41, 5.74) is 0.830. The van der Waals surface area contributed by atoms with E-state index in [1.54, 1.807) is 0 Å². The second-order valence-electron chi connectivity index (χ2n) is 11.2. The number of hydroxylamine groups is 1. The summed E-state index contributed by atoms with van der Waals surface area (Å²) in [5.74, 6) is 0.694. The highest BCUT2D eigenvalue weighted by molar-refractivity contribution is 7.89. The first-order chi connectivity index (χ1) is 21.4. The number of sulfonamides is 1. The van der Waals surface area contributed by atoms with Gasteiger partial charge >= 0.3 is 6.09 Å². The second-order valence-corrected chi connectivity index (χ2v) is 13.0. The second kappa shape index (κ2) is 14.0. The van der Waals surface area contributed by atoms with E-state index in [9.17, 15) is 18.3 Å². The third-order valence-electron chi connectivity index (χ3n) is 8.16. The van der Waals surface area contributed by atoms with Crippen LogP contribution < -0.4 is 14.8 Å². The number of nitrogens with one attached hydrogen (secondary N) is 1. The predicted molar refractivity (Wildman–Crippen MR) is 153 cm³/mol. The Balaban J connectivity index is 1.22. The molecule has 6 rings (SSSR count). The van der Waals surface area contributed by atoms with Gasteiger partial charge in [0, 0.05) is 19.3 Å². The number of hydrogen-bond acceptors (Lipinski definition) is 11. The van der Waals surface area contributed by atoms with Crippen molar-refractivity contribution in [1.82, 2.24) is 9.79 Å². The van der Waals surface area contributed by atoms with Crippen molar-refractivity contribution >= 4 is 16.1 Å². The number of carbonyl (C=O) groups excluding carboxylic acids is 1. The van der Waals surface area contributed by atoms with Gasteiger partial charge in [-0.1, -0.05) is 34.8 Å². The maximum Gasteiger partial charge on any atom is 0.407 e. The Morgan fingerprint density at radius 3 is 2.55 bits per heavy atom. The number of ether oxygens (including phenoxy) is 6. The molecule has 2 aromatic carbocycles. The minimum absolute atomic E-state index is 0.0576. The van der Waals surface area contributed by atoms with Crippen molar-refractivity contribution in [3.63, 3.8) is 0 Å². The van der Waals surface area contributed by atoms with E-state index in [0.717, 1.165) is 16.5 Å². The summed E-state index contributed by atoms with van der Waals surface area (Å²) in [6.07, 6.45) is -1.54. The summed E-state index contributed by atoms with van der Waals surface area (Å²) >= 11 is 0. The number of nitrogens with zero attached hydrogens (tertiary/aromatic N) is 1. The van der Waals surface area contributed by atoms with Crippen molar-refractivity contribution in [2.75, 3.05) is 46.2 Å². The molecule has 1 amide bonds. The van der Waals surface area contributed by atoms with Crippen molar-refractivity contribution in [2.45, 2.75) is 61.2 Å². The van der Waals surface area contributed by atoms with Gasteiger partial charge in [-0.2, -0.15) is 0 Å². The van der Waals surface area contributed by atoms with Crippen LogP contribution in [0.15, 0.2) is 53.4 Å². The van der Waals surface area contributed by atoms with E-state index in [1.807, 2.05) is 30.3 Å². The molecule has 0 aromatic heterocycles. The first-order valence-electron chi connectivity index (χ1n) is 15.0. The van der Waals surface area contributed by atoms with Gasteiger partial charge < -0.3 is 38.8 Å². The highest BCUT2D eigenvalue weighted by Crippen LogP contribution is 2.34. The number of amides is 1. The highest BCUT2D eigenvalue weighted by Gasteiger charge is 2.44. The van der Waals surface area contributed by atoms with Crippen LogP contribution in [-0.4, -0.2) is 101 Å². The van der Waals surface area contributed by atoms with Gasteiger partial charge in [-0.05, 0) is 43.4 Å². The molecule has 0 bridgehead atoms. The van der Waals surface area contributed by atoms with E-state index in [0.29, 0.717) is 57.4 Å². The van der Waals surface area contributed by atoms with E-state index in [2.05, 4.69) is 5.32 Å². The Labute approximate surface area is 256 Å². The number of aliphatic hydroxyl groups is 1. The lowest BCUT2D eigenvalue weighted by molar-refractivity contribution is -0.170. The number of aliphatic hydroxyl groups excluding tert-OH is 1. The van der Waals surface area contributed by atoms with Gasteiger partial charge in [0.05, 0.1) is 48.8 Å². The van der Waals surface area contributed by atoms with E-state index in [-0.39, 0.29) is 30.1 Å². The van der Waals surface area contributed by atoms with E-state index in [4.69, 9.17) is 33.3 Å². The molecular weight excluding hydrogens is 596 g/mol. The van der Waals surface area contributed by atoms with E-state index >= 15 is 0 Å². The average molecular weight is 635 g/mol. The zero-order valence-corrected chi connectivity index (χ0v) is 25.1. The minimum Gasteiger partial charge on any atom is -0.486 e. The van der Waals surface area contributed by atoms with Crippen LogP contribution in [0.1, 0.15) is 24.8 Å². The zero-order chi connectivity index (χ0) is 30.5. The number of hydrogen-bond donors (Lipinski definition) is 2. The molecule has 13 nitrogen and oxygen atoms in total. The van der Waals surface area contributed by atoms with Crippen LogP contribution in [0.25, 0.3) is 0 Å². The van der Waals surface area contributed by atoms with Gasteiger partial charge in [-0.25, -0.2) is 13.2 Å². The molecule has 2 unspecified atom stereocenters. The van der Waals surface area contributed by atoms with Crippen LogP contribution in [-0.2, 0) is 40.2 Å². The fraction of sp³-hybridized carbons (Fsp3) is 0.567. The average Bonchev–Trinajstić information content (AvgIpc) is 3.66. The molecule has 0 saturated carbocycles. The van der Waals surface area contributed by atoms with Crippen LogP contribution in [0, 0.1) is 5.92 Å². The normalized spacial score (nSPS) is 24.9. The van der Waals surface area contributed by atoms with Crippen LogP contribution in [0.3, 0.4) is 0 Å².